The average molecular weight is 411 g/mol. The standard InChI is InChI=1S/C15H14F5N3O3S/c1-3-27(24,25)11-6-9(15(18,19)20)7-21-13(11)10-4-5-12(23-22-10)26-8-14(2,16)17/h4-7H,3,8H2,1-2H3. The van der Waals surface area contributed by atoms with Crippen LogP contribution in [0.15, 0.2) is 29.3 Å². The van der Waals surface area contributed by atoms with Gasteiger partial charge in [-0.3, -0.25) is 4.98 Å². The van der Waals surface area contributed by atoms with Crippen LogP contribution in [0.25, 0.3) is 11.4 Å². The number of rotatable bonds is 6. The molecule has 148 valence electrons. The first-order chi connectivity index (χ1) is 12.3. The van der Waals surface area contributed by atoms with Crippen LogP contribution in [0.2, 0.25) is 0 Å². The highest BCUT2D eigenvalue weighted by Crippen LogP contribution is 2.33. The Kier molecular flexibility index (Phi) is 5.68. The van der Waals surface area contributed by atoms with E-state index in [2.05, 4.69) is 15.2 Å². The van der Waals surface area contributed by atoms with Gasteiger partial charge in [-0.2, -0.15) is 13.2 Å². The summed E-state index contributed by atoms with van der Waals surface area (Å²) in [5.41, 5.74) is -1.70. The number of nitrogens with zero attached hydrogens (tertiary/aromatic N) is 3. The molecule has 12 heteroatoms. The number of halogens is 5. The number of sulfone groups is 1. The van der Waals surface area contributed by atoms with E-state index < -0.39 is 44.8 Å². The number of alkyl halides is 5. The maximum Gasteiger partial charge on any atom is 0.417 e. The molecule has 27 heavy (non-hydrogen) atoms. The summed E-state index contributed by atoms with van der Waals surface area (Å²) in [6.45, 7) is 0.963. The summed E-state index contributed by atoms with van der Waals surface area (Å²) in [5.74, 6) is -3.81. The first kappa shape index (κ1) is 20.9. The van der Waals surface area contributed by atoms with E-state index in [1.807, 2.05) is 0 Å². The van der Waals surface area contributed by atoms with Crippen molar-refractivity contribution < 1.29 is 35.1 Å². The van der Waals surface area contributed by atoms with Crippen molar-refractivity contribution in [3.63, 3.8) is 0 Å². The van der Waals surface area contributed by atoms with Gasteiger partial charge in [-0.1, -0.05) is 6.92 Å². The lowest BCUT2D eigenvalue weighted by Gasteiger charge is -2.13. The van der Waals surface area contributed by atoms with E-state index in [0.29, 0.717) is 19.2 Å². The van der Waals surface area contributed by atoms with Crippen molar-refractivity contribution in [1.29, 1.82) is 0 Å². The van der Waals surface area contributed by atoms with E-state index in [-0.39, 0.29) is 17.3 Å². The third-order valence-corrected chi connectivity index (χ3v) is 4.99. The van der Waals surface area contributed by atoms with Crippen LogP contribution in [0.5, 0.6) is 5.88 Å². The van der Waals surface area contributed by atoms with Gasteiger partial charge in [0.2, 0.25) is 5.88 Å². The molecule has 0 bridgehead atoms. The highest BCUT2D eigenvalue weighted by Gasteiger charge is 2.34. The van der Waals surface area contributed by atoms with Crippen molar-refractivity contribution in [3.8, 4) is 17.3 Å². The first-order valence-electron chi connectivity index (χ1n) is 7.48. The van der Waals surface area contributed by atoms with E-state index in [1.54, 1.807) is 0 Å². The molecule has 2 rings (SSSR count). The predicted molar refractivity (Wildman–Crippen MR) is 84.1 cm³/mol. The molecule has 0 atom stereocenters. The van der Waals surface area contributed by atoms with Gasteiger partial charge in [0.25, 0.3) is 5.92 Å². The zero-order valence-corrected chi connectivity index (χ0v) is 14.9. The zero-order valence-electron chi connectivity index (χ0n) is 14.1. The minimum Gasteiger partial charge on any atom is -0.470 e. The SMILES string of the molecule is CCS(=O)(=O)c1cc(C(F)(F)F)cnc1-c1ccc(OCC(C)(F)F)nn1. The second kappa shape index (κ2) is 7.33. The van der Waals surface area contributed by atoms with Gasteiger partial charge in [0.05, 0.1) is 16.2 Å². The van der Waals surface area contributed by atoms with Crippen molar-refractivity contribution in [3.05, 3.63) is 30.0 Å². The summed E-state index contributed by atoms with van der Waals surface area (Å²) < 4.78 is 93.3. The number of hydrogen-bond acceptors (Lipinski definition) is 6. The molecule has 0 unspecified atom stereocenters. The lowest BCUT2D eigenvalue weighted by molar-refractivity contribution is -0.138. The normalized spacial score (nSPS) is 12.9. The Morgan fingerprint density at radius 2 is 1.78 bits per heavy atom. The molecule has 0 aromatic carbocycles. The van der Waals surface area contributed by atoms with Crippen LogP contribution in [0.4, 0.5) is 22.0 Å². The Balaban J connectivity index is 2.46. The van der Waals surface area contributed by atoms with Crippen molar-refractivity contribution in [1.82, 2.24) is 15.2 Å². The average Bonchev–Trinajstić information content (AvgIpc) is 2.58. The molecule has 0 aliphatic rings. The Labute approximate surface area is 151 Å². The van der Waals surface area contributed by atoms with Crippen molar-refractivity contribution >= 4 is 9.84 Å². The minimum absolute atomic E-state index is 0.147. The fourth-order valence-corrected chi connectivity index (χ4v) is 2.98. The third kappa shape index (κ3) is 5.31. The lowest BCUT2D eigenvalue weighted by atomic mass is 10.2. The Morgan fingerprint density at radius 1 is 1.11 bits per heavy atom. The van der Waals surface area contributed by atoms with E-state index in [4.69, 9.17) is 4.74 Å². The molecule has 0 saturated heterocycles. The largest absolute Gasteiger partial charge is 0.470 e. The summed E-state index contributed by atoms with van der Waals surface area (Å²) >= 11 is 0. The third-order valence-electron chi connectivity index (χ3n) is 3.25. The van der Waals surface area contributed by atoms with Gasteiger partial charge in [0.1, 0.15) is 11.4 Å². The summed E-state index contributed by atoms with van der Waals surface area (Å²) in [5, 5.41) is 7.14. The van der Waals surface area contributed by atoms with Crippen molar-refractivity contribution in [2.24, 2.45) is 0 Å². The molecular formula is C15H14F5N3O3S. The second-order valence-corrected chi connectivity index (χ2v) is 7.83. The minimum atomic E-state index is -4.78. The highest BCUT2D eigenvalue weighted by atomic mass is 32.2. The molecule has 0 saturated carbocycles. The Bertz CT molecular complexity index is 910. The van der Waals surface area contributed by atoms with Gasteiger partial charge >= 0.3 is 6.18 Å². The van der Waals surface area contributed by atoms with Crippen LogP contribution >= 0.6 is 0 Å². The smallest absolute Gasteiger partial charge is 0.417 e. The molecule has 2 aromatic rings. The Morgan fingerprint density at radius 3 is 2.26 bits per heavy atom. The zero-order chi connectivity index (χ0) is 20.5. The molecule has 0 fully saturated rings. The van der Waals surface area contributed by atoms with Crippen LogP contribution in [-0.4, -0.2) is 41.9 Å². The molecule has 0 spiro atoms. The predicted octanol–water partition coefficient (Wildman–Crippen LogP) is 3.39. The van der Waals surface area contributed by atoms with Crippen LogP contribution in [0.3, 0.4) is 0 Å². The summed E-state index contributed by atoms with van der Waals surface area (Å²) in [6.07, 6.45) is -4.30. The van der Waals surface area contributed by atoms with Gasteiger partial charge in [0.15, 0.2) is 16.4 Å². The molecule has 6 nitrogen and oxygen atoms in total. The molecule has 0 amide bonds. The molecular weight excluding hydrogens is 397 g/mol. The van der Waals surface area contributed by atoms with Gasteiger partial charge < -0.3 is 4.74 Å². The van der Waals surface area contributed by atoms with Crippen LogP contribution in [-0.2, 0) is 16.0 Å². The maximum atomic E-state index is 12.9. The van der Waals surface area contributed by atoms with Crippen molar-refractivity contribution in [2.45, 2.75) is 30.8 Å². The maximum absolute atomic E-state index is 12.9. The monoisotopic (exact) mass is 411 g/mol. The van der Waals surface area contributed by atoms with Gasteiger partial charge in [-0.05, 0) is 12.1 Å². The molecule has 0 aliphatic carbocycles. The number of hydrogen-bond donors (Lipinski definition) is 0. The quantitative estimate of drug-likeness (QED) is 0.678. The van der Waals surface area contributed by atoms with E-state index in [0.717, 1.165) is 6.07 Å². The van der Waals surface area contributed by atoms with Crippen molar-refractivity contribution in [2.75, 3.05) is 12.4 Å². The lowest BCUT2D eigenvalue weighted by Crippen LogP contribution is -2.21. The van der Waals surface area contributed by atoms with Crippen LogP contribution in [0, 0.1) is 0 Å². The van der Waals surface area contributed by atoms with Crippen LogP contribution < -0.4 is 4.74 Å². The number of ether oxygens (including phenoxy) is 1. The summed E-state index contributed by atoms with van der Waals surface area (Å²) in [6, 6.07) is 2.78. The van der Waals surface area contributed by atoms with E-state index in [9.17, 15) is 30.4 Å². The van der Waals surface area contributed by atoms with E-state index >= 15 is 0 Å². The first-order valence-corrected chi connectivity index (χ1v) is 9.13. The molecule has 2 aromatic heterocycles. The topological polar surface area (TPSA) is 82.0 Å². The van der Waals surface area contributed by atoms with E-state index in [1.165, 1.54) is 13.0 Å². The molecule has 0 radical (unpaired) electrons. The fourth-order valence-electron chi connectivity index (χ4n) is 1.91. The van der Waals surface area contributed by atoms with Gasteiger partial charge in [-0.25, -0.2) is 17.2 Å². The fraction of sp³-hybridized carbons (Fsp3) is 0.400. The second-order valence-electron chi connectivity index (χ2n) is 5.59. The Hall–Kier alpha value is -2.37. The number of aromatic nitrogens is 3. The molecule has 0 N–H and O–H groups in total. The van der Waals surface area contributed by atoms with Gasteiger partial charge in [-0.15, -0.1) is 10.2 Å². The molecule has 0 aliphatic heterocycles. The van der Waals surface area contributed by atoms with Gasteiger partial charge in [0, 0.05) is 19.2 Å². The highest BCUT2D eigenvalue weighted by molar-refractivity contribution is 7.91. The van der Waals surface area contributed by atoms with Crippen LogP contribution in [0.1, 0.15) is 19.4 Å². The molecule has 2 heterocycles. The number of pyridine rings is 1. The summed E-state index contributed by atoms with van der Waals surface area (Å²) in [7, 11) is -4.06. The summed E-state index contributed by atoms with van der Waals surface area (Å²) in [4.78, 5) is 2.93.